The molecule has 0 bridgehead atoms. The molecule has 2 heterocycles. The molecule has 4 rings (SSSR count). The predicted octanol–water partition coefficient (Wildman–Crippen LogP) is 3.16. The molecule has 1 N–H and O–H groups in total. The Morgan fingerprint density at radius 1 is 1.33 bits per heavy atom. The summed E-state index contributed by atoms with van der Waals surface area (Å²) in [7, 11) is -3.61. The average molecular weight is 369 g/mol. The highest BCUT2D eigenvalue weighted by Gasteiger charge is 2.40. The van der Waals surface area contributed by atoms with E-state index in [9.17, 15) is 22.3 Å². The second-order valence-corrected chi connectivity index (χ2v) is 9.09. The number of rotatable bonds is 2. The fourth-order valence-electron chi connectivity index (χ4n) is 3.20. The molecule has 0 fully saturated rings. The number of aliphatic hydroxyl groups is 1. The number of benzene rings is 1. The van der Waals surface area contributed by atoms with Crippen molar-refractivity contribution in [2.24, 2.45) is 0 Å². The Morgan fingerprint density at radius 3 is 2.79 bits per heavy atom. The molecule has 8 heteroatoms. The number of sulfone groups is 1. The molecule has 0 saturated heterocycles. The van der Waals surface area contributed by atoms with Gasteiger partial charge < -0.3 is 9.67 Å². The van der Waals surface area contributed by atoms with E-state index in [1.165, 1.54) is 6.07 Å². The standard InChI is InChI=1S/C16H13F2NO3S2/c1-24(21,22)16-13-9(7-11(18)14(13)20)15(23-16)19-6-5-8-10(17)3-2-4-12(8)19/h2-6,11,14,20H,7H2,1H3/t11-,14+/m0/s1. The van der Waals surface area contributed by atoms with Gasteiger partial charge in [0.15, 0.2) is 9.84 Å². The van der Waals surface area contributed by atoms with Crippen LogP contribution in [0.15, 0.2) is 34.7 Å². The van der Waals surface area contributed by atoms with Crippen LogP contribution in [0, 0.1) is 5.82 Å². The zero-order chi connectivity index (χ0) is 17.2. The molecule has 2 atom stereocenters. The van der Waals surface area contributed by atoms with E-state index in [2.05, 4.69) is 0 Å². The molecule has 3 aromatic rings. The van der Waals surface area contributed by atoms with Gasteiger partial charge in [-0.25, -0.2) is 17.2 Å². The summed E-state index contributed by atoms with van der Waals surface area (Å²) < 4.78 is 53.6. The van der Waals surface area contributed by atoms with Gasteiger partial charge in [-0.2, -0.15) is 0 Å². The Labute approximate surface area is 140 Å². The average Bonchev–Trinajstić information content (AvgIpc) is 3.14. The number of thiophene rings is 1. The van der Waals surface area contributed by atoms with Gasteiger partial charge in [0.25, 0.3) is 0 Å². The van der Waals surface area contributed by atoms with E-state index in [-0.39, 0.29) is 22.0 Å². The number of hydrogen-bond acceptors (Lipinski definition) is 4. The van der Waals surface area contributed by atoms with Crippen LogP contribution >= 0.6 is 11.3 Å². The maximum absolute atomic E-state index is 14.0. The molecule has 0 amide bonds. The van der Waals surface area contributed by atoms with Crippen molar-refractivity contribution in [2.45, 2.75) is 22.9 Å². The van der Waals surface area contributed by atoms with Crippen LogP contribution in [-0.2, 0) is 16.3 Å². The van der Waals surface area contributed by atoms with Gasteiger partial charge in [0.2, 0.25) is 0 Å². The monoisotopic (exact) mass is 369 g/mol. The Bertz CT molecular complexity index is 1070. The lowest BCUT2D eigenvalue weighted by molar-refractivity contribution is 0.0910. The van der Waals surface area contributed by atoms with Crippen LogP contribution < -0.4 is 0 Å². The summed E-state index contributed by atoms with van der Waals surface area (Å²) in [5.74, 6) is -0.383. The molecule has 1 aliphatic rings. The number of alkyl halides is 1. The topological polar surface area (TPSA) is 59.3 Å². The Morgan fingerprint density at radius 2 is 2.08 bits per heavy atom. The second kappa shape index (κ2) is 5.11. The zero-order valence-corrected chi connectivity index (χ0v) is 14.2. The zero-order valence-electron chi connectivity index (χ0n) is 12.5. The number of halogens is 2. The lowest BCUT2D eigenvalue weighted by atomic mass is 10.2. The third kappa shape index (κ3) is 2.13. The van der Waals surface area contributed by atoms with E-state index in [1.54, 1.807) is 29.0 Å². The summed E-state index contributed by atoms with van der Waals surface area (Å²) in [5, 5.41) is 11.0. The van der Waals surface area contributed by atoms with Crippen molar-refractivity contribution in [1.82, 2.24) is 4.57 Å². The molecular formula is C16H13F2NO3S2. The first kappa shape index (κ1) is 15.7. The van der Waals surface area contributed by atoms with Crippen LogP contribution in [0.2, 0.25) is 0 Å². The van der Waals surface area contributed by atoms with E-state index in [0.29, 0.717) is 21.5 Å². The largest absolute Gasteiger partial charge is 0.385 e. The quantitative estimate of drug-likeness (QED) is 0.755. The van der Waals surface area contributed by atoms with Crippen molar-refractivity contribution >= 4 is 32.1 Å². The smallest absolute Gasteiger partial charge is 0.185 e. The number of aromatic nitrogens is 1. The molecule has 0 saturated carbocycles. The maximum atomic E-state index is 14.0. The van der Waals surface area contributed by atoms with Gasteiger partial charge in [-0.3, -0.25) is 0 Å². The summed E-state index contributed by atoms with van der Waals surface area (Å²) in [5.41, 5.74) is 1.18. The number of aliphatic hydroxyl groups excluding tert-OH is 1. The summed E-state index contributed by atoms with van der Waals surface area (Å²) in [6.45, 7) is 0. The van der Waals surface area contributed by atoms with E-state index in [4.69, 9.17) is 0 Å². The van der Waals surface area contributed by atoms with Crippen molar-refractivity contribution in [3.63, 3.8) is 0 Å². The molecule has 4 nitrogen and oxygen atoms in total. The lowest BCUT2D eigenvalue weighted by Crippen LogP contribution is -2.09. The first-order valence-corrected chi connectivity index (χ1v) is 9.93. The molecule has 1 aliphatic carbocycles. The minimum atomic E-state index is -3.61. The van der Waals surface area contributed by atoms with Crippen LogP contribution in [0.1, 0.15) is 17.2 Å². The van der Waals surface area contributed by atoms with Crippen molar-refractivity contribution in [2.75, 3.05) is 6.26 Å². The fourth-order valence-corrected chi connectivity index (χ4v) is 5.79. The fraction of sp³-hybridized carbons (Fsp3) is 0.250. The molecule has 126 valence electrons. The molecule has 0 radical (unpaired) electrons. The second-order valence-electron chi connectivity index (χ2n) is 5.88. The number of hydrogen-bond donors (Lipinski definition) is 1. The molecule has 2 aromatic heterocycles. The molecule has 0 unspecified atom stereocenters. The SMILES string of the molecule is CS(=O)(=O)c1sc(-n2ccc3c(F)cccc32)c2c1[C@H](O)[C@@H](F)C2. The summed E-state index contributed by atoms with van der Waals surface area (Å²) in [6, 6.07) is 6.21. The Hall–Kier alpha value is -1.77. The van der Waals surface area contributed by atoms with Crippen LogP contribution in [0.25, 0.3) is 15.9 Å². The molecule has 0 spiro atoms. The highest BCUT2D eigenvalue weighted by atomic mass is 32.2. The van der Waals surface area contributed by atoms with Gasteiger partial charge in [-0.15, -0.1) is 11.3 Å². The molecule has 24 heavy (non-hydrogen) atoms. The molecular weight excluding hydrogens is 356 g/mol. The van der Waals surface area contributed by atoms with Crippen molar-refractivity contribution in [3.8, 4) is 5.00 Å². The van der Waals surface area contributed by atoms with Gasteiger partial charge in [0, 0.05) is 29.8 Å². The highest BCUT2D eigenvalue weighted by Crippen LogP contribution is 2.46. The Kier molecular flexibility index (Phi) is 3.35. The van der Waals surface area contributed by atoms with Crippen molar-refractivity contribution < 1.29 is 22.3 Å². The first-order chi connectivity index (χ1) is 11.3. The predicted molar refractivity (Wildman–Crippen MR) is 87.8 cm³/mol. The summed E-state index contributed by atoms with van der Waals surface area (Å²) in [6.07, 6.45) is -0.389. The third-order valence-corrected chi connectivity index (χ3v) is 7.36. The van der Waals surface area contributed by atoms with Gasteiger partial charge in [-0.1, -0.05) is 6.07 Å². The van der Waals surface area contributed by atoms with E-state index >= 15 is 0 Å². The number of fused-ring (bicyclic) bond motifs is 2. The third-order valence-electron chi connectivity index (χ3n) is 4.27. The van der Waals surface area contributed by atoms with E-state index in [1.807, 2.05) is 0 Å². The first-order valence-electron chi connectivity index (χ1n) is 7.22. The van der Waals surface area contributed by atoms with Crippen LogP contribution in [0.3, 0.4) is 0 Å². The van der Waals surface area contributed by atoms with Crippen LogP contribution in [0.5, 0.6) is 0 Å². The normalized spacial score (nSPS) is 20.7. The minimum Gasteiger partial charge on any atom is -0.385 e. The molecule has 0 aliphatic heterocycles. The highest BCUT2D eigenvalue weighted by molar-refractivity contribution is 7.92. The van der Waals surface area contributed by atoms with Crippen LogP contribution in [0.4, 0.5) is 8.78 Å². The van der Waals surface area contributed by atoms with Gasteiger partial charge >= 0.3 is 0 Å². The maximum Gasteiger partial charge on any atom is 0.185 e. The van der Waals surface area contributed by atoms with E-state index in [0.717, 1.165) is 17.6 Å². The molecule has 1 aromatic carbocycles. The number of nitrogens with zero attached hydrogens (tertiary/aromatic N) is 1. The van der Waals surface area contributed by atoms with Gasteiger partial charge in [0.05, 0.1) is 5.52 Å². The van der Waals surface area contributed by atoms with Gasteiger partial charge in [-0.05, 0) is 23.8 Å². The van der Waals surface area contributed by atoms with Crippen molar-refractivity contribution in [3.05, 3.63) is 47.4 Å². The minimum absolute atomic E-state index is 0.0293. The van der Waals surface area contributed by atoms with Crippen LogP contribution in [-0.4, -0.2) is 30.5 Å². The Balaban J connectivity index is 2.04. The lowest BCUT2D eigenvalue weighted by Gasteiger charge is -2.07. The summed E-state index contributed by atoms with van der Waals surface area (Å²) in [4.78, 5) is 0. The van der Waals surface area contributed by atoms with Crippen molar-refractivity contribution in [1.29, 1.82) is 0 Å². The summed E-state index contributed by atoms with van der Waals surface area (Å²) >= 11 is 0.979. The van der Waals surface area contributed by atoms with Gasteiger partial charge in [0.1, 0.15) is 27.3 Å². The van der Waals surface area contributed by atoms with E-state index < -0.39 is 22.1 Å².